The van der Waals surface area contributed by atoms with Crippen LogP contribution < -0.4 is 9.64 Å². The Balaban J connectivity index is 1.82. The Morgan fingerprint density at radius 1 is 1.33 bits per heavy atom. The fourth-order valence-electron chi connectivity index (χ4n) is 2.49. The van der Waals surface area contributed by atoms with E-state index in [-0.39, 0.29) is 0 Å². The molecule has 0 bridgehead atoms. The number of aryl methyl sites for hydroxylation is 1. The number of pyridine rings is 1. The molecular formula is C15H21N5O. The minimum absolute atomic E-state index is 0.548. The van der Waals surface area contributed by atoms with E-state index in [2.05, 4.69) is 39.9 Å². The monoisotopic (exact) mass is 287 g/mol. The number of aromatic nitrogens is 4. The lowest BCUT2D eigenvalue weighted by Gasteiger charge is -2.30. The van der Waals surface area contributed by atoms with Crippen LogP contribution in [0.5, 0.6) is 5.88 Å². The van der Waals surface area contributed by atoms with Crippen molar-refractivity contribution in [3.05, 3.63) is 30.0 Å². The maximum Gasteiger partial charge on any atom is 0.237 e. The van der Waals surface area contributed by atoms with Crippen LogP contribution in [0.25, 0.3) is 0 Å². The molecule has 21 heavy (non-hydrogen) atoms. The first kappa shape index (κ1) is 13.9. The van der Waals surface area contributed by atoms with E-state index >= 15 is 0 Å². The van der Waals surface area contributed by atoms with E-state index in [0.29, 0.717) is 12.5 Å². The molecule has 6 heteroatoms. The fraction of sp³-hybridized carbons (Fsp3) is 0.533. The number of rotatable bonds is 4. The maximum atomic E-state index is 5.65. The molecule has 0 spiro atoms. The van der Waals surface area contributed by atoms with Crippen LogP contribution in [0, 0.1) is 12.8 Å². The second kappa shape index (κ2) is 5.71. The van der Waals surface area contributed by atoms with Gasteiger partial charge in [0.15, 0.2) is 0 Å². The van der Waals surface area contributed by atoms with Crippen LogP contribution in [0.4, 0.5) is 5.69 Å². The van der Waals surface area contributed by atoms with E-state index in [1.165, 1.54) is 0 Å². The van der Waals surface area contributed by atoms with Crippen LogP contribution in [0.15, 0.2) is 18.5 Å². The number of nitrogens with zero attached hydrogens (tertiary/aromatic N) is 5. The molecule has 0 fully saturated rings. The van der Waals surface area contributed by atoms with Gasteiger partial charge in [-0.2, -0.15) is 5.10 Å². The molecule has 112 valence electrons. The smallest absolute Gasteiger partial charge is 0.237 e. The van der Waals surface area contributed by atoms with E-state index in [4.69, 9.17) is 4.74 Å². The highest BCUT2D eigenvalue weighted by atomic mass is 16.5. The predicted octanol–water partition coefficient (Wildman–Crippen LogP) is 2.04. The third kappa shape index (κ3) is 2.99. The summed E-state index contributed by atoms with van der Waals surface area (Å²) in [4.78, 5) is 11.1. The first-order valence-electron chi connectivity index (χ1n) is 7.35. The fourth-order valence-corrected chi connectivity index (χ4v) is 2.49. The van der Waals surface area contributed by atoms with E-state index < -0.39 is 0 Å². The Bertz CT molecular complexity index is 622. The molecular weight excluding hydrogens is 266 g/mol. The second-order valence-electron chi connectivity index (χ2n) is 5.80. The van der Waals surface area contributed by atoms with E-state index in [1.54, 1.807) is 6.33 Å². The summed E-state index contributed by atoms with van der Waals surface area (Å²) >= 11 is 0. The summed E-state index contributed by atoms with van der Waals surface area (Å²) in [5.74, 6) is 2.25. The van der Waals surface area contributed by atoms with Crippen LogP contribution in [-0.4, -0.2) is 32.9 Å². The van der Waals surface area contributed by atoms with Crippen LogP contribution in [0.2, 0.25) is 0 Å². The highest BCUT2D eigenvalue weighted by molar-refractivity contribution is 5.56. The van der Waals surface area contributed by atoms with Crippen LogP contribution in [0.1, 0.15) is 25.4 Å². The number of hydrogen-bond donors (Lipinski definition) is 0. The average molecular weight is 287 g/mol. The zero-order valence-corrected chi connectivity index (χ0v) is 12.8. The first-order valence-corrected chi connectivity index (χ1v) is 7.35. The molecule has 0 atom stereocenters. The molecule has 0 unspecified atom stereocenters. The Morgan fingerprint density at radius 3 is 3.00 bits per heavy atom. The van der Waals surface area contributed by atoms with E-state index in [1.807, 2.05) is 17.7 Å². The summed E-state index contributed by atoms with van der Waals surface area (Å²) in [5.41, 5.74) is 2.00. The Morgan fingerprint density at radius 2 is 2.19 bits per heavy atom. The highest BCUT2D eigenvalue weighted by Gasteiger charge is 2.21. The van der Waals surface area contributed by atoms with Crippen LogP contribution in [-0.2, 0) is 13.1 Å². The molecule has 1 aliphatic heterocycles. The molecule has 2 aromatic rings. The van der Waals surface area contributed by atoms with Gasteiger partial charge in [0.1, 0.15) is 24.4 Å². The van der Waals surface area contributed by atoms with Gasteiger partial charge in [0.2, 0.25) is 5.88 Å². The lowest BCUT2D eigenvalue weighted by atomic mass is 10.2. The van der Waals surface area contributed by atoms with Crippen molar-refractivity contribution in [2.24, 2.45) is 5.92 Å². The summed E-state index contributed by atoms with van der Waals surface area (Å²) in [7, 11) is 0. The van der Waals surface area contributed by atoms with E-state index in [0.717, 1.165) is 42.7 Å². The number of hydrogen-bond acceptors (Lipinski definition) is 5. The highest BCUT2D eigenvalue weighted by Crippen LogP contribution is 2.30. The van der Waals surface area contributed by atoms with E-state index in [9.17, 15) is 0 Å². The Hall–Kier alpha value is -2.11. The summed E-state index contributed by atoms with van der Waals surface area (Å²) in [5, 5.41) is 4.32. The minimum Gasteiger partial charge on any atom is -0.474 e. The molecule has 3 heterocycles. The molecule has 0 N–H and O–H groups in total. The average Bonchev–Trinajstić information content (AvgIpc) is 2.85. The van der Waals surface area contributed by atoms with Gasteiger partial charge in [-0.1, -0.05) is 13.8 Å². The Labute approximate surface area is 124 Å². The van der Waals surface area contributed by atoms with Gasteiger partial charge >= 0.3 is 0 Å². The third-order valence-corrected chi connectivity index (χ3v) is 3.49. The normalized spacial score (nSPS) is 14.2. The van der Waals surface area contributed by atoms with Crippen molar-refractivity contribution in [2.75, 3.05) is 18.1 Å². The lowest BCUT2D eigenvalue weighted by molar-refractivity contribution is 0.293. The number of ether oxygens (including phenoxy) is 1. The van der Waals surface area contributed by atoms with Crippen molar-refractivity contribution in [3.63, 3.8) is 0 Å². The molecule has 0 saturated carbocycles. The molecule has 0 aliphatic carbocycles. The maximum absolute atomic E-state index is 5.65. The Kier molecular flexibility index (Phi) is 3.77. The molecule has 0 radical (unpaired) electrons. The molecule has 0 aromatic carbocycles. The molecule has 3 rings (SSSR count). The van der Waals surface area contributed by atoms with Gasteiger partial charge < -0.3 is 9.64 Å². The third-order valence-electron chi connectivity index (χ3n) is 3.49. The van der Waals surface area contributed by atoms with Crippen molar-refractivity contribution in [1.29, 1.82) is 0 Å². The molecule has 0 saturated heterocycles. The van der Waals surface area contributed by atoms with Crippen molar-refractivity contribution in [2.45, 2.75) is 33.9 Å². The number of fused-ring (bicyclic) bond motifs is 1. The quantitative estimate of drug-likeness (QED) is 0.861. The topological polar surface area (TPSA) is 56.1 Å². The first-order chi connectivity index (χ1) is 10.1. The SMILES string of the molecule is Cc1ccc2c(n1)OCCN2Cc1ncnn1CC(C)C. The van der Waals surface area contributed by atoms with Gasteiger partial charge in [-0.15, -0.1) is 0 Å². The lowest BCUT2D eigenvalue weighted by Crippen LogP contribution is -2.34. The van der Waals surface area contributed by atoms with Gasteiger partial charge in [0.05, 0.1) is 13.1 Å². The molecule has 1 aliphatic rings. The number of anilines is 1. The zero-order valence-electron chi connectivity index (χ0n) is 12.8. The second-order valence-corrected chi connectivity index (χ2v) is 5.80. The summed E-state index contributed by atoms with van der Waals surface area (Å²) in [6, 6.07) is 4.08. The van der Waals surface area contributed by atoms with Crippen molar-refractivity contribution < 1.29 is 4.74 Å². The molecule has 2 aromatic heterocycles. The summed E-state index contributed by atoms with van der Waals surface area (Å²) < 4.78 is 7.64. The van der Waals surface area contributed by atoms with Gasteiger partial charge in [-0.25, -0.2) is 14.6 Å². The summed E-state index contributed by atoms with van der Waals surface area (Å²) in [6.07, 6.45) is 1.63. The van der Waals surface area contributed by atoms with Gasteiger partial charge in [-0.3, -0.25) is 0 Å². The van der Waals surface area contributed by atoms with Gasteiger partial charge in [0.25, 0.3) is 0 Å². The van der Waals surface area contributed by atoms with Crippen molar-refractivity contribution >= 4 is 5.69 Å². The van der Waals surface area contributed by atoms with Crippen molar-refractivity contribution in [3.8, 4) is 5.88 Å². The standard InChI is InChI=1S/C15H21N5O/c1-11(2)8-20-14(16-10-17-20)9-19-6-7-21-15-13(19)5-4-12(3)18-15/h4-5,10-11H,6-9H2,1-3H3. The largest absolute Gasteiger partial charge is 0.474 e. The van der Waals surface area contributed by atoms with Gasteiger partial charge in [-0.05, 0) is 25.0 Å². The molecule has 0 amide bonds. The zero-order chi connectivity index (χ0) is 14.8. The van der Waals surface area contributed by atoms with Crippen LogP contribution in [0.3, 0.4) is 0 Å². The van der Waals surface area contributed by atoms with Crippen molar-refractivity contribution in [1.82, 2.24) is 19.7 Å². The molecule has 6 nitrogen and oxygen atoms in total. The minimum atomic E-state index is 0.548. The van der Waals surface area contributed by atoms with Gasteiger partial charge in [0, 0.05) is 12.2 Å². The van der Waals surface area contributed by atoms with Crippen LogP contribution >= 0.6 is 0 Å². The predicted molar refractivity (Wildman–Crippen MR) is 80.4 cm³/mol. The summed E-state index contributed by atoms with van der Waals surface area (Å²) in [6.45, 7) is 9.45.